The zero-order chi connectivity index (χ0) is 21.5. The van der Waals surface area contributed by atoms with Crippen molar-refractivity contribution in [2.75, 3.05) is 11.9 Å². The van der Waals surface area contributed by atoms with E-state index in [-0.39, 0.29) is 16.8 Å². The first-order valence-corrected chi connectivity index (χ1v) is 12.3. The van der Waals surface area contributed by atoms with E-state index in [0.29, 0.717) is 17.2 Å². The fraction of sp³-hybridized carbons (Fsp3) is 0.364. The Hall–Kier alpha value is -2.29. The lowest BCUT2D eigenvalue weighted by Crippen LogP contribution is -2.41. The molecule has 1 aromatic heterocycles. The molecule has 6 nitrogen and oxygen atoms in total. The molecule has 1 unspecified atom stereocenters. The monoisotopic (exact) mass is 443 g/mol. The molecule has 1 aliphatic rings. The Kier molecular flexibility index (Phi) is 5.65. The number of sulfonamides is 1. The Morgan fingerprint density at radius 1 is 1.10 bits per heavy atom. The molecule has 1 atom stereocenters. The molecule has 30 heavy (non-hydrogen) atoms. The first-order chi connectivity index (χ1) is 14.3. The normalized spacial score (nSPS) is 17.9. The lowest BCUT2D eigenvalue weighted by molar-refractivity contribution is 0.102. The van der Waals surface area contributed by atoms with Crippen LogP contribution in [-0.4, -0.2) is 36.2 Å². The lowest BCUT2D eigenvalue weighted by atomic mass is 10.1. The third kappa shape index (κ3) is 3.87. The van der Waals surface area contributed by atoms with E-state index in [2.05, 4.69) is 10.3 Å². The van der Waals surface area contributed by atoms with Crippen LogP contribution in [0.5, 0.6) is 0 Å². The van der Waals surface area contributed by atoms with Gasteiger partial charge in [0.1, 0.15) is 0 Å². The van der Waals surface area contributed by atoms with Crippen molar-refractivity contribution in [1.29, 1.82) is 0 Å². The number of hydrogen-bond donors (Lipinski definition) is 1. The minimum Gasteiger partial charge on any atom is -0.298 e. The van der Waals surface area contributed by atoms with Crippen molar-refractivity contribution >= 4 is 42.6 Å². The van der Waals surface area contributed by atoms with Crippen LogP contribution in [0.25, 0.3) is 10.2 Å². The zero-order valence-corrected chi connectivity index (χ0v) is 18.9. The molecule has 0 radical (unpaired) electrons. The number of carbonyl (C=O) groups excluding carboxylic acids is 1. The van der Waals surface area contributed by atoms with Gasteiger partial charge in [0.15, 0.2) is 5.13 Å². The highest BCUT2D eigenvalue weighted by atomic mass is 32.2. The van der Waals surface area contributed by atoms with Gasteiger partial charge in [-0.05, 0) is 69.0 Å². The Labute approximate surface area is 181 Å². The number of benzene rings is 2. The summed E-state index contributed by atoms with van der Waals surface area (Å²) in [5, 5.41) is 3.37. The van der Waals surface area contributed by atoms with Crippen LogP contribution in [0.3, 0.4) is 0 Å². The van der Waals surface area contributed by atoms with Crippen LogP contribution >= 0.6 is 11.3 Å². The van der Waals surface area contributed by atoms with E-state index in [1.165, 1.54) is 23.5 Å². The van der Waals surface area contributed by atoms with Gasteiger partial charge in [-0.2, -0.15) is 4.31 Å². The molecule has 1 fully saturated rings. The molecule has 2 aromatic carbocycles. The molecular weight excluding hydrogens is 418 g/mol. The summed E-state index contributed by atoms with van der Waals surface area (Å²) < 4.78 is 28.5. The number of aromatic nitrogens is 1. The van der Waals surface area contributed by atoms with Gasteiger partial charge in [0.2, 0.25) is 10.0 Å². The topological polar surface area (TPSA) is 79.4 Å². The van der Waals surface area contributed by atoms with Gasteiger partial charge < -0.3 is 0 Å². The van der Waals surface area contributed by atoms with Crippen LogP contribution in [0, 0.1) is 13.8 Å². The first-order valence-electron chi connectivity index (χ1n) is 10.1. The van der Waals surface area contributed by atoms with Crippen molar-refractivity contribution < 1.29 is 13.2 Å². The predicted molar refractivity (Wildman–Crippen MR) is 121 cm³/mol. The second-order valence-electron chi connectivity index (χ2n) is 7.84. The Balaban J connectivity index is 1.53. The van der Waals surface area contributed by atoms with E-state index in [1.54, 1.807) is 16.4 Å². The maximum absolute atomic E-state index is 13.0. The highest BCUT2D eigenvalue weighted by molar-refractivity contribution is 7.89. The highest BCUT2D eigenvalue weighted by Gasteiger charge is 2.30. The summed E-state index contributed by atoms with van der Waals surface area (Å²) in [5.74, 6) is -0.306. The number of fused-ring (bicyclic) bond motifs is 1. The van der Waals surface area contributed by atoms with Gasteiger partial charge in [-0.15, -0.1) is 0 Å². The van der Waals surface area contributed by atoms with E-state index >= 15 is 0 Å². The summed E-state index contributed by atoms with van der Waals surface area (Å²) in [6.45, 7) is 6.51. The Morgan fingerprint density at radius 2 is 1.80 bits per heavy atom. The molecule has 1 saturated heterocycles. The number of nitrogens with one attached hydrogen (secondary N) is 1. The van der Waals surface area contributed by atoms with Gasteiger partial charge in [0.05, 0.1) is 15.1 Å². The SMILES string of the molecule is Cc1ccc(C)c2sc(NC(=O)c3ccc(S(=O)(=O)N4CCCCC4C)cc3)nc12. The molecular formula is C22H25N3O3S2. The largest absolute Gasteiger partial charge is 0.298 e. The van der Waals surface area contributed by atoms with Crippen LogP contribution < -0.4 is 5.32 Å². The number of nitrogens with zero attached hydrogens (tertiary/aromatic N) is 2. The number of anilines is 1. The number of carbonyl (C=O) groups is 1. The molecule has 0 saturated carbocycles. The second-order valence-corrected chi connectivity index (χ2v) is 10.7. The van der Waals surface area contributed by atoms with Gasteiger partial charge in [-0.1, -0.05) is 29.9 Å². The standard InChI is InChI=1S/C22H25N3O3S2/c1-14-7-8-15(2)20-19(14)23-22(29-20)24-21(26)17-9-11-18(12-10-17)30(27,28)25-13-5-4-6-16(25)3/h7-12,16H,4-6,13H2,1-3H3,(H,23,24,26). The number of amides is 1. The van der Waals surface area contributed by atoms with Crippen molar-refractivity contribution in [2.45, 2.75) is 51.0 Å². The molecule has 1 aliphatic heterocycles. The van der Waals surface area contributed by atoms with Crippen molar-refractivity contribution in [3.63, 3.8) is 0 Å². The number of aryl methyl sites for hydroxylation is 2. The zero-order valence-electron chi connectivity index (χ0n) is 17.3. The van der Waals surface area contributed by atoms with E-state index < -0.39 is 10.0 Å². The van der Waals surface area contributed by atoms with Gasteiger partial charge in [0, 0.05) is 18.2 Å². The number of piperidine rings is 1. The predicted octanol–water partition coefficient (Wildman–Crippen LogP) is 4.73. The number of thiazole rings is 1. The van der Waals surface area contributed by atoms with Crippen LogP contribution in [0.2, 0.25) is 0 Å². The molecule has 8 heteroatoms. The minimum absolute atomic E-state index is 0.00215. The van der Waals surface area contributed by atoms with E-state index in [9.17, 15) is 13.2 Å². The molecule has 4 rings (SSSR count). The number of rotatable bonds is 4. The summed E-state index contributed by atoms with van der Waals surface area (Å²) in [7, 11) is -3.55. The third-order valence-electron chi connectivity index (χ3n) is 5.63. The number of hydrogen-bond acceptors (Lipinski definition) is 5. The molecule has 0 aliphatic carbocycles. The lowest BCUT2D eigenvalue weighted by Gasteiger charge is -2.32. The molecule has 158 valence electrons. The van der Waals surface area contributed by atoms with Gasteiger partial charge in [-0.25, -0.2) is 13.4 Å². The first kappa shape index (κ1) is 21.0. The summed E-state index contributed by atoms with van der Waals surface area (Å²) in [6.07, 6.45) is 2.81. The average Bonchev–Trinajstić information content (AvgIpc) is 3.16. The third-order valence-corrected chi connectivity index (χ3v) is 8.76. The van der Waals surface area contributed by atoms with Crippen molar-refractivity contribution in [1.82, 2.24) is 9.29 Å². The van der Waals surface area contributed by atoms with Crippen LogP contribution in [-0.2, 0) is 10.0 Å². The molecule has 2 heterocycles. The highest BCUT2D eigenvalue weighted by Crippen LogP contribution is 2.31. The fourth-order valence-corrected chi connectivity index (χ4v) is 6.53. The smallest absolute Gasteiger partial charge is 0.257 e. The Morgan fingerprint density at radius 3 is 2.47 bits per heavy atom. The van der Waals surface area contributed by atoms with E-state index in [4.69, 9.17) is 0 Å². The molecule has 0 bridgehead atoms. The summed E-state index contributed by atoms with van der Waals surface area (Å²) in [5.41, 5.74) is 3.48. The van der Waals surface area contributed by atoms with Gasteiger partial charge in [-0.3, -0.25) is 10.1 Å². The van der Waals surface area contributed by atoms with Crippen molar-refractivity contribution in [3.05, 3.63) is 53.1 Å². The summed E-state index contributed by atoms with van der Waals surface area (Å²) >= 11 is 1.44. The van der Waals surface area contributed by atoms with Gasteiger partial charge in [0.25, 0.3) is 5.91 Å². The minimum atomic E-state index is -3.55. The molecule has 3 aromatic rings. The van der Waals surface area contributed by atoms with Crippen LogP contribution in [0.15, 0.2) is 41.3 Å². The van der Waals surface area contributed by atoms with E-state index in [1.807, 2.05) is 32.9 Å². The average molecular weight is 444 g/mol. The molecule has 1 amide bonds. The molecule has 0 spiro atoms. The van der Waals surface area contributed by atoms with E-state index in [0.717, 1.165) is 40.6 Å². The maximum atomic E-state index is 13.0. The van der Waals surface area contributed by atoms with Gasteiger partial charge >= 0.3 is 0 Å². The van der Waals surface area contributed by atoms with Crippen molar-refractivity contribution in [2.24, 2.45) is 0 Å². The maximum Gasteiger partial charge on any atom is 0.257 e. The second kappa shape index (κ2) is 8.09. The van der Waals surface area contributed by atoms with Crippen molar-refractivity contribution in [3.8, 4) is 0 Å². The summed E-state index contributed by atoms with van der Waals surface area (Å²) in [6, 6.07) is 10.2. The fourth-order valence-electron chi connectivity index (χ4n) is 3.82. The quantitative estimate of drug-likeness (QED) is 0.632. The Bertz CT molecular complexity index is 1160. The van der Waals surface area contributed by atoms with Crippen LogP contribution in [0.4, 0.5) is 5.13 Å². The molecule has 1 N–H and O–H groups in total. The summed E-state index contributed by atoms with van der Waals surface area (Å²) in [4.78, 5) is 17.4. The van der Waals surface area contributed by atoms with Crippen LogP contribution in [0.1, 0.15) is 47.7 Å².